The number of hydrogen-bond acceptors (Lipinski definition) is 5. The molecule has 0 fully saturated rings. The van der Waals surface area contributed by atoms with E-state index in [1.807, 2.05) is 55.5 Å². The molecule has 0 radical (unpaired) electrons. The van der Waals surface area contributed by atoms with Crippen LogP contribution in [0.3, 0.4) is 0 Å². The molecule has 2 aromatic rings. The summed E-state index contributed by atoms with van der Waals surface area (Å²) in [4.78, 5) is 22.0. The normalized spacial score (nSPS) is 18.4. The fourth-order valence-corrected chi connectivity index (χ4v) is 3.81. The van der Waals surface area contributed by atoms with Crippen LogP contribution in [0, 0.1) is 0 Å². The number of anilines is 1. The van der Waals surface area contributed by atoms with Crippen molar-refractivity contribution in [1.82, 2.24) is 0 Å². The van der Waals surface area contributed by atoms with Gasteiger partial charge in [-0.25, -0.2) is 4.99 Å². The van der Waals surface area contributed by atoms with Crippen molar-refractivity contribution < 1.29 is 9.53 Å². The van der Waals surface area contributed by atoms with E-state index < -0.39 is 5.66 Å². The molecule has 0 aliphatic carbocycles. The summed E-state index contributed by atoms with van der Waals surface area (Å²) in [5, 5.41) is 3.70. The first-order valence-electron chi connectivity index (χ1n) is 8.95. The lowest BCUT2D eigenvalue weighted by molar-refractivity contribution is -0.113. The van der Waals surface area contributed by atoms with Crippen molar-refractivity contribution in [2.45, 2.75) is 25.9 Å². The highest BCUT2D eigenvalue weighted by Gasteiger charge is 2.31. The predicted octanol–water partition coefficient (Wildman–Crippen LogP) is 5.16. The summed E-state index contributed by atoms with van der Waals surface area (Å²) in [5.41, 5.74) is 2.11. The van der Waals surface area contributed by atoms with E-state index >= 15 is 0 Å². The molecular weight excluding hydrogens is 438 g/mol. The van der Waals surface area contributed by atoms with Crippen molar-refractivity contribution in [1.29, 1.82) is 0 Å². The molecule has 1 atom stereocenters. The summed E-state index contributed by atoms with van der Waals surface area (Å²) in [5.74, 6) is 0.931. The SMILES string of the molecule is CC[C@@]1(C)N=C(SCC(=O)Nc2ccc(OC)cc2)C(c2ccc(Br)cc2)=N1. The largest absolute Gasteiger partial charge is 0.497 e. The number of nitrogens with one attached hydrogen (secondary N) is 1. The van der Waals surface area contributed by atoms with Gasteiger partial charge in [0.05, 0.1) is 18.6 Å². The zero-order valence-corrected chi connectivity index (χ0v) is 18.4. The summed E-state index contributed by atoms with van der Waals surface area (Å²) in [6.45, 7) is 4.08. The van der Waals surface area contributed by atoms with Crippen molar-refractivity contribution in [2.24, 2.45) is 9.98 Å². The van der Waals surface area contributed by atoms with E-state index in [0.717, 1.165) is 38.6 Å². The molecule has 2 aromatic carbocycles. The summed E-state index contributed by atoms with van der Waals surface area (Å²) < 4.78 is 6.14. The number of nitrogens with zero attached hydrogens (tertiary/aromatic N) is 2. The summed E-state index contributed by atoms with van der Waals surface area (Å²) in [6.07, 6.45) is 0.801. The van der Waals surface area contributed by atoms with Crippen LogP contribution in [0.1, 0.15) is 25.8 Å². The number of benzene rings is 2. The fourth-order valence-electron chi connectivity index (χ4n) is 2.65. The number of methoxy groups -OCH3 is 1. The number of halogens is 1. The minimum atomic E-state index is -0.475. The van der Waals surface area contributed by atoms with Crippen LogP contribution in [0.5, 0.6) is 5.75 Å². The molecule has 1 N–H and O–H groups in total. The molecule has 1 heterocycles. The Morgan fingerprint density at radius 1 is 1.14 bits per heavy atom. The van der Waals surface area contributed by atoms with Crippen LogP contribution in [-0.2, 0) is 4.79 Å². The fraction of sp³-hybridized carbons (Fsp3) is 0.286. The van der Waals surface area contributed by atoms with Crippen LogP contribution < -0.4 is 10.1 Å². The number of ether oxygens (including phenoxy) is 1. The zero-order valence-electron chi connectivity index (χ0n) is 16.0. The second-order valence-electron chi connectivity index (χ2n) is 6.52. The molecule has 0 aromatic heterocycles. The minimum Gasteiger partial charge on any atom is -0.497 e. The average molecular weight is 460 g/mol. The Hall–Kier alpha value is -2.12. The van der Waals surface area contributed by atoms with Crippen LogP contribution >= 0.6 is 27.7 Å². The number of aliphatic imine (C=N–C) groups is 2. The maximum atomic E-state index is 12.4. The van der Waals surface area contributed by atoms with Gasteiger partial charge in [-0.1, -0.05) is 46.7 Å². The van der Waals surface area contributed by atoms with Gasteiger partial charge in [-0.15, -0.1) is 0 Å². The highest BCUT2D eigenvalue weighted by atomic mass is 79.9. The molecule has 28 heavy (non-hydrogen) atoms. The van der Waals surface area contributed by atoms with E-state index in [1.54, 1.807) is 7.11 Å². The Morgan fingerprint density at radius 2 is 1.82 bits per heavy atom. The van der Waals surface area contributed by atoms with Crippen molar-refractivity contribution in [2.75, 3.05) is 18.2 Å². The van der Waals surface area contributed by atoms with E-state index in [2.05, 4.69) is 28.2 Å². The zero-order chi connectivity index (χ0) is 20.1. The van der Waals surface area contributed by atoms with Crippen molar-refractivity contribution in [3.8, 4) is 5.75 Å². The smallest absolute Gasteiger partial charge is 0.234 e. The van der Waals surface area contributed by atoms with Gasteiger partial charge in [0.15, 0.2) is 0 Å². The Morgan fingerprint density at radius 3 is 2.43 bits per heavy atom. The van der Waals surface area contributed by atoms with Gasteiger partial charge in [-0.05, 0) is 49.7 Å². The summed E-state index contributed by atoms with van der Waals surface area (Å²) in [7, 11) is 1.61. The lowest BCUT2D eigenvalue weighted by Crippen LogP contribution is -2.17. The molecule has 1 aliphatic rings. The number of carbonyl (C=O) groups is 1. The summed E-state index contributed by atoms with van der Waals surface area (Å²) in [6, 6.07) is 15.3. The van der Waals surface area contributed by atoms with Crippen molar-refractivity contribution in [3.63, 3.8) is 0 Å². The maximum Gasteiger partial charge on any atom is 0.234 e. The van der Waals surface area contributed by atoms with Crippen molar-refractivity contribution in [3.05, 3.63) is 58.6 Å². The first-order chi connectivity index (χ1) is 13.4. The third-order valence-corrected chi connectivity index (χ3v) is 5.89. The third-order valence-electron chi connectivity index (χ3n) is 4.40. The van der Waals surface area contributed by atoms with Gasteiger partial charge in [-0.3, -0.25) is 9.79 Å². The second kappa shape index (κ2) is 8.92. The van der Waals surface area contributed by atoms with Crippen LogP contribution in [0.4, 0.5) is 5.69 Å². The molecule has 0 saturated carbocycles. The minimum absolute atomic E-state index is 0.0851. The molecule has 0 bridgehead atoms. The van der Waals surface area contributed by atoms with Gasteiger partial charge >= 0.3 is 0 Å². The van der Waals surface area contributed by atoms with Crippen LogP contribution in [-0.4, -0.2) is 35.2 Å². The molecule has 1 amide bonds. The highest BCUT2D eigenvalue weighted by Crippen LogP contribution is 2.30. The van der Waals surface area contributed by atoms with Crippen LogP contribution in [0.25, 0.3) is 0 Å². The van der Waals surface area contributed by atoms with Gasteiger partial charge in [0.2, 0.25) is 5.91 Å². The topological polar surface area (TPSA) is 63.0 Å². The van der Waals surface area contributed by atoms with E-state index in [4.69, 9.17) is 14.7 Å². The molecule has 5 nitrogen and oxygen atoms in total. The molecule has 0 spiro atoms. The molecule has 0 unspecified atom stereocenters. The third kappa shape index (κ3) is 5.02. The lowest BCUT2D eigenvalue weighted by Gasteiger charge is -2.13. The number of carbonyl (C=O) groups excluding carboxylic acids is 1. The number of hydrogen-bond donors (Lipinski definition) is 1. The van der Waals surface area contributed by atoms with E-state index in [9.17, 15) is 4.79 Å². The molecule has 3 rings (SSSR count). The van der Waals surface area contributed by atoms with Gasteiger partial charge in [0.25, 0.3) is 0 Å². The Kier molecular flexibility index (Phi) is 6.57. The van der Waals surface area contributed by atoms with Gasteiger partial charge in [-0.2, -0.15) is 0 Å². The molecule has 7 heteroatoms. The lowest BCUT2D eigenvalue weighted by atomic mass is 10.1. The number of rotatable bonds is 6. The van der Waals surface area contributed by atoms with Crippen molar-refractivity contribution >= 4 is 50.0 Å². The number of thioether (sulfide) groups is 1. The maximum absolute atomic E-state index is 12.4. The van der Waals surface area contributed by atoms with E-state index in [1.165, 1.54) is 11.8 Å². The number of amides is 1. The molecule has 146 valence electrons. The van der Waals surface area contributed by atoms with Crippen LogP contribution in [0.2, 0.25) is 0 Å². The first kappa shape index (κ1) is 20.6. The first-order valence-corrected chi connectivity index (χ1v) is 10.7. The van der Waals surface area contributed by atoms with E-state index in [0.29, 0.717) is 0 Å². The molecule has 0 saturated heterocycles. The van der Waals surface area contributed by atoms with Crippen LogP contribution in [0.15, 0.2) is 63.0 Å². The second-order valence-corrected chi connectivity index (χ2v) is 8.40. The predicted molar refractivity (Wildman–Crippen MR) is 121 cm³/mol. The Bertz CT molecular complexity index is 910. The molecular formula is C21H22BrN3O2S. The Labute approximate surface area is 177 Å². The van der Waals surface area contributed by atoms with Gasteiger partial charge < -0.3 is 10.1 Å². The highest BCUT2D eigenvalue weighted by molar-refractivity contribution is 9.10. The molecule has 1 aliphatic heterocycles. The monoisotopic (exact) mass is 459 g/mol. The van der Waals surface area contributed by atoms with E-state index in [-0.39, 0.29) is 11.7 Å². The summed E-state index contributed by atoms with van der Waals surface area (Å²) >= 11 is 4.87. The van der Waals surface area contributed by atoms with Gasteiger partial charge in [0.1, 0.15) is 16.5 Å². The average Bonchev–Trinajstić information content (AvgIpc) is 3.05. The van der Waals surface area contributed by atoms with Gasteiger partial charge in [0, 0.05) is 15.7 Å². The quantitative estimate of drug-likeness (QED) is 0.648. The standard InChI is InChI=1S/C21H22BrN3O2S/c1-4-21(2)24-19(14-5-7-15(22)8-6-14)20(25-21)28-13-18(26)23-16-9-11-17(27-3)12-10-16/h5-12H,4,13H2,1-3H3,(H,23,26)/t21-/m1/s1. The Balaban J connectivity index is 1.68.